The van der Waals surface area contributed by atoms with E-state index in [2.05, 4.69) is 65.8 Å². The summed E-state index contributed by atoms with van der Waals surface area (Å²) in [6.07, 6.45) is 0. The molecule has 4 aliphatic rings. The largest absolute Gasteiger partial charge is 0.402 e. The minimum absolute atomic E-state index is 0.0258. The number of hydrogen-bond acceptors (Lipinski definition) is 8. The van der Waals surface area contributed by atoms with Crippen LogP contribution in [0.1, 0.15) is 52.5 Å². The van der Waals surface area contributed by atoms with Crippen molar-refractivity contribution in [2.24, 2.45) is 11.3 Å². The quantitative estimate of drug-likeness (QED) is 0.513. The Bertz CT molecular complexity index is 581. The molecule has 1 aromatic rings. The Balaban J connectivity index is 0.000000147. The van der Waals surface area contributed by atoms with E-state index in [0.29, 0.717) is 27.2 Å². The van der Waals surface area contributed by atoms with Crippen molar-refractivity contribution in [2.45, 2.75) is 63.3 Å². The second-order valence-electron chi connectivity index (χ2n) is 8.43. The molecule has 0 bridgehead atoms. The minimum Gasteiger partial charge on any atom is -0.402 e. The molecule has 0 radical (unpaired) electrons. The van der Waals surface area contributed by atoms with Crippen molar-refractivity contribution in [3.05, 3.63) is 35.9 Å². The monoisotopic (exact) mass is 556 g/mol. The van der Waals surface area contributed by atoms with Crippen LogP contribution in [0.4, 0.5) is 0 Å². The second-order valence-corrected chi connectivity index (χ2v) is 20.8. The predicted molar refractivity (Wildman–Crippen MR) is 149 cm³/mol. The zero-order valence-electron chi connectivity index (χ0n) is 18.9. The van der Waals surface area contributed by atoms with E-state index in [-0.39, 0.29) is 35.7 Å². The van der Waals surface area contributed by atoms with Crippen LogP contribution in [0.15, 0.2) is 30.3 Å². The van der Waals surface area contributed by atoms with Gasteiger partial charge in [-0.25, -0.2) is 0 Å². The average molecular weight is 557 g/mol. The van der Waals surface area contributed by atoms with E-state index in [9.17, 15) is 0 Å². The Morgan fingerprint density at radius 3 is 1.43 bits per heavy atom. The third-order valence-corrected chi connectivity index (χ3v) is 18.8. The normalized spacial score (nSPS) is 32.2. The molecule has 0 amide bonds. The van der Waals surface area contributed by atoms with Crippen molar-refractivity contribution < 1.29 is 17.7 Å². The number of benzene rings is 1. The zero-order chi connectivity index (χ0) is 22.0. The van der Waals surface area contributed by atoms with Gasteiger partial charge in [0.15, 0.2) is 0 Å². The molecule has 5 rings (SSSR count). The summed E-state index contributed by atoms with van der Waals surface area (Å²) in [6.45, 7) is 13.1. The molecule has 4 saturated heterocycles. The molecule has 172 valence electrons. The van der Waals surface area contributed by atoms with Crippen molar-refractivity contribution in [3.8, 4) is 0 Å². The van der Waals surface area contributed by atoms with Gasteiger partial charge in [-0.3, -0.25) is 0 Å². The van der Waals surface area contributed by atoms with Gasteiger partial charge in [-0.1, -0.05) is 65.0 Å². The molecule has 4 aliphatic heterocycles. The summed E-state index contributed by atoms with van der Waals surface area (Å²) in [6, 6.07) is 10.4. The summed E-state index contributed by atoms with van der Waals surface area (Å²) in [5.41, 5.74) is 3.66. The van der Waals surface area contributed by atoms with Gasteiger partial charge in [0.1, 0.15) is 5.44 Å². The van der Waals surface area contributed by atoms with Crippen LogP contribution in [0, 0.1) is 11.3 Å². The Morgan fingerprint density at radius 1 is 0.800 bits per heavy atom. The molecule has 30 heavy (non-hydrogen) atoms. The molecule has 4 fully saturated rings. The molecule has 0 spiro atoms. The number of rotatable bonds is 2. The van der Waals surface area contributed by atoms with Crippen molar-refractivity contribution in [1.82, 2.24) is 0 Å². The molecule has 0 aliphatic carbocycles. The maximum atomic E-state index is 5.42. The van der Waals surface area contributed by atoms with E-state index in [0.717, 1.165) is 5.92 Å². The molecule has 4 nitrogen and oxygen atoms in total. The highest BCUT2D eigenvalue weighted by atomic mass is 32.4. The van der Waals surface area contributed by atoms with Crippen molar-refractivity contribution >= 4 is 80.5 Å². The predicted octanol–water partition coefficient (Wildman–Crippen LogP) is 3.39. The van der Waals surface area contributed by atoms with Gasteiger partial charge in [-0.05, 0) is 23.8 Å². The summed E-state index contributed by atoms with van der Waals surface area (Å²) >= 11 is 8.01. The lowest BCUT2D eigenvalue weighted by atomic mass is 9.98. The van der Waals surface area contributed by atoms with Gasteiger partial charge in [-0.2, -0.15) is 0 Å². The van der Waals surface area contributed by atoms with Gasteiger partial charge in [0, 0.05) is 0 Å². The third-order valence-electron chi connectivity index (χ3n) is 4.27. The van der Waals surface area contributed by atoms with Crippen molar-refractivity contribution in [2.75, 3.05) is 0 Å². The van der Waals surface area contributed by atoms with E-state index in [1.54, 1.807) is 0 Å². The van der Waals surface area contributed by atoms with E-state index in [1.807, 2.05) is 50.9 Å². The highest BCUT2D eigenvalue weighted by Gasteiger charge is 2.31. The van der Waals surface area contributed by atoms with Crippen LogP contribution < -0.4 is 0 Å². The Hall–Kier alpha value is 1.33. The molecule has 0 aromatic heterocycles. The summed E-state index contributed by atoms with van der Waals surface area (Å²) in [5.74, 6) is 0.728. The Morgan fingerprint density at radius 2 is 1.27 bits per heavy atom. The van der Waals surface area contributed by atoms with E-state index in [1.165, 1.54) is 5.56 Å². The molecule has 0 saturated carbocycles. The first-order chi connectivity index (χ1) is 14.3. The lowest BCUT2D eigenvalue weighted by Crippen LogP contribution is -2.35. The van der Waals surface area contributed by atoms with Crippen LogP contribution in [-0.4, -0.2) is 52.0 Å². The van der Waals surface area contributed by atoms with E-state index < -0.39 is 0 Å². The fourth-order valence-corrected chi connectivity index (χ4v) is 12.8. The standard InChI is InChI=1S/C7H8OSSi.C5H12OSSi.C4H10OSSi.C2H6OSSi/c1-2-4-6(5-3-1)7-8-10-9-7;1-5(2,3)4-6-8-7-4;1-3(2)4-5-7-6-4;1-2-3-5-4-2/h1-5,7H,10H2;4H,8H2,1-3H3;3-4H,7H2,1-2H3;2H,5H2,1H3. The van der Waals surface area contributed by atoms with Crippen LogP contribution in [-0.2, 0) is 17.7 Å². The third kappa shape index (κ3) is 10.5. The highest BCUT2D eigenvalue weighted by Crippen LogP contribution is 2.37. The molecule has 1 aromatic carbocycles. The first kappa shape index (κ1) is 27.6. The highest BCUT2D eigenvalue weighted by molar-refractivity contribution is 8.24. The smallest absolute Gasteiger partial charge is 0.227 e. The fourth-order valence-electron chi connectivity index (χ4n) is 2.31. The number of hydrogen-bond donors (Lipinski definition) is 0. The topological polar surface area (TPSA) is 36.9 Å². The average Bonchev–Trinajstić information content (AvgIpc) is 2.49. The van der Waals surface area contributed by atoms with Gasteiger partial charge < -0.3 is 17.7 Å². The van der Waals surface area contributed by atoms with Gasteiger partial charge in [-0.15, -0.1) is 44.8 Å². The first-order valence-electron chi connectivity index (χ1n) is 10.2. The Labute approximate surface area is 207 Å². The van der Waals surface area contributed by atoms with Crippen LogP contribution >= 0.6 is 44.8 Å². The van der Waals surface area contributed by atoms with Gasteiger partial charge >= 0.3 is 0 Å². The lowest BCUT2D eigenvalue weighted by Gasteiger charge is -2.36. The SMILES string of the molecule is CC(C)(C)C1O[SiH2]S1.CC(C)C1O[SiH2]S1.CC1O[SiH2]S1.c1ccc(C2O[SiH2]S2)cc1. The molecule has 12 heteroatoms. The maximum absolute atomic E-state index is 5.42. The molecule has 4 atom stereocenters. The fraction of sp³-hybridized carbons (Fsp3) is 0.667. The van der Waals surface area contributed by atoms with Crippen LogP contribution in [0.3, 0.4) is 0 Å². The maximum Gasteiger partial charge on any atom is 0.227 e. The summed E-state index contributed by atoms with van der Waals surface area (Å²) in [5, 5.41) is 0. The van der Waals surface area contributed by atoms with Gasteiger partial charge in [0.25, 0.3) is 0 Å². The minimum atomic E-state index is -0.170. The second kappa shape index (κ2) is 14.6. The molecular weight excluding hydrogens is 521 g/mol. The van der Waals surface area contributed by atoms with Crippen molar-refractivity contribution in [3.63, 3.8) is 0 Å². The van der Waals surface area contributed by atoms with Gasteiger partial charge in [0.05, 0.1) is 16.3 Å². The molecular formula is C18H36O4S4Si4. The van der Waals surface area contributed by atoms with Crippen LogP contribution in [0.25, 0.3) is 0 Å². The molecule has 4 unspecified atom stereocenters. The van der Waals surface area contributed by atoms with E-state index in [4.69, 9.17) is 17.7 Å². The first-order valence-corrected chi connectivity index (χ1v) is 23.7. The summed E-state index contributed by atoms with van der Waals surface area (Å²) < 4.78 is 21.1. The van der Waals surface area contributed by atoms with E-state index >= 15 is 0 Å². The molecule has 4 heterocycles. The van der Waals surface area contributed by atoms with Crippen molar-refractivity contribution in [1.29, 1.82) is 0 Å². The molecule has 0 N–H and O–H groups in total. The van der Waals surface area contributed by atoms with Gasteiger partial charge in [0.2, 0.25) is 35.7 Å². The van der Waals surface area contributed by atoms with Crippen LogP contribution in [0.5, 0.6) is 0 Å². The lowest BCUT2D eigenvalue weighted by molar-refractivity contribution is 0.163. The Kier molecular flexibility index (Phi) is 13.4. The summed E-state index contributed by atoms with van der Waals surface area (Å²) in [4.78, 5) is 0. The summed E-state index contributed by atoms with van der Waals surface area (Å²) in [7, 11) is -0.370. The van der Waals surface area contributed by atoms with Crippen LogP contribution in [0.2, 0.25) is 0 Å². The zero-order valence-corrected chi connectivity index (χ0v) is 27.8.